The van der Waals surface area contributed by atoms with Gasteiger partial charge in [-0.05, 0) is 30.5 Å². The van der Waals surface area contributed by atoms with Gasteiger partial charge in [0.2, 0.25) is 11.8 Å². The number of aromatic nitrogens is 7. The maximum Gasteiger partial charge on any atom is 0.434 e. The fraction of sp³-hybridized carbons (Fsp3) is 0.259. The summed E-state index contributed by atoms with van der Waals surface area (Å²) in [5, 5.41) is 0.634. The fourth-order valence-electron chi connectivity index (χ4n) is 4.34. The largest absolute Gasteiger partial charge is 0.480 e. The van der Waals surface area contributed by atoms with E-state index in [9.17, 15) is 13.2 Å². The Morgan fingerprint density at radius 2 is 1.77 bits per heavy atom. The standard InChI is InChI=1S/C27H22F3N7O2/c1-37-12-19(27(28,29)30)34-24(37)17-7-5-15(6-8-17)13-39-25-18-4-3-11-31-22(18)35-23(36-25)20-21(16-9-10-16)32-14-33-26(20)38-2/h3-8,11-12,14,16H,9-10,13H2,1-2H3. The highest BCUT2D eigenvalue weighted by molar-refractivity contribution is 5.83. The highest BCUT2D eigenvalue weighted by Gasteiger charge is 2.34. The third-order valence-corrected chi connectivity index (χ3v) is 6.41. The average Bonchev–Trinajstić information content (AvgIpc) is 3.71. The van der Waals surface area contributed by atoms with Crippen LogP contribution in [0.4, 0.5) is 13.2 Å². The number of benzene rings is 1. The number of imidazole rings is 1. The van der Waals surface area contributed by atoms with Gasteiger partial charge in [-0.3, -0.25) is 0 Å². The van der Waals surface area contributed by atoms with E-state index in [1.807, 2.05) is 6.07 Å². The summed E-state index contributed by atoms with van der Waals surface area (Å²) in [6.07, 6.45) is 1.63. The van der Waals surface area contributed by atoms with Gasteiger partial charge in [0.15, 0.2) is 17.2 Å². The first-order valence-corrected chi connectivity index (χ1v) is 12.2. The van der Waals surface area contributed by atoms with Gasteiger partial charge in [0.1, 0.15) is 24.3 Å². The first kappa shape index (κ1) is 24.7. The lowest BCUT2D eigenvalue weighted by Crippen LogP contribution is -2.05. The monoisotopic (exact) mass is 533 g/mol. The fourth-order valence-corrected chi connectivity index (χ4v) is 4.34. The van der Waals surface area contributed by atoms with Gasteiger partial charge in [0, 0.05) is 30.9 Å². The molecular formula is C27H22F3N7O2. The molecule has 0 unspecified atom stereocenters. The lowest BCUT2D eigenvalue weighted by atomic mass is 10.1. The maximum absolute atomic E-state index is 13.1. The van der Waals surface area contributed by atoms with Crippen LogP contribution in [-0.2, 0) is 19.8 Å². The molecule has 0 aliphatic heterocycles. The van der Waals surface area contributed by atoms with Crippen LogP contribution in [-0.4, -0.2) is 41.6 Å². The number of hydrogen-bond acceptors (Lipinski definition) is 8. The molecule has 1 aliphatic rings. The Balaban J connectivity index is 1.30. The molecule has 0 atom stereocenters. The van der Waals surface area contributed by atoms with Gasteiger partial charge in [-0.2, -0.15) is 18.2 Å². The van der Waals surface area contributed by atoms with Crippen molar-refractivity contribution in [2.24, 2.45) is 7.05 Å². The second-order valence-electron chi connectivity index (χ2n) is 9.19. The lowest BCUT2D eigenvalue weighted by Gasteiger charge is -2.13. The van der Waals surface area contributed by atoms with Gasteiger partial charge in [-0.15, -0.1) is 0 Å². The molecule has 12 heteroatoms. The Labute approximate surface area is 220 Å². The summed E-state index contributed by atoms with van der Waals surface area (Å²) in [4.78, 5) is 26.3. The Morgan fingerprint density at radius 1 is 0.974 bits per heavy atom. The number of fused-ring (bicyclic) bond motifs is 1. The predicted molar refractivity (Wildman–Crippen MR) is 135 cm³/mol. The molecule has 198 valence electrons. The van der Waals surface area contributed by atoms with Gasteiger partial charge < -0.3 is 14.0 Å². The zero-order valence-corrected chi connectivity index (χ0v) is 21.0. The molecule has 4 aromatic heterocycles. The van der Waals surface area contributed by atoms with Crippen molar-refractivity contribution in [3.63, 3.8) is 0 Å². The summed E-state index contributed by atoms with van der Waals surface area (Å²) in [6.45, 7) is 0.160. The van der Waals surface area contributed by atoms with Gasteiger partial charge in [0.25, 0.3) is 0 Å². The van der Waals surface area contributed by atoms with Crippen molar-refractivity contribution in [2.75, 3.05) is 7.11 Å². The zero-order chi connectivity index (χ0) is 27.1. The Bertz CT molecular complexity index is 1670. The van der Waals surface area contributed by atoms with Crippen LogP contribution < -0.4 is 9.47 Å². The molecule has 39 heavy (non-hydrogen) atoms. The third-order valence-electron chi connectivity index (χ3n) is 6.41. The van der Waals surface area contributed by atoms with Gasteiger partial charge in [-0.25, -0.2) is 24.9 Å². The quantitative estimate of drug-likeness (QED) is 0.275. The van der Waals surface area contributed by atoms with Gasteiger partial charge >= 0.3 is 6.18 Å². The van der Waals surface area contributed by atoms with E-state index >= 15 is 0 Å². The Morgan fingerprint density at radius 3 is 2.46 bits per heavy atom. The predicted octanol–water partition coefficient (Wildman–Crippen LogP) is 5.37. The normalized spacial score (nSPS) is 13.6. The molecule has 0 spiro atoms. The first-order chi connectivity index (χ1) is 18.8. The molecule has 0 bridgehead atoms. The Kier molecular flexibility index (Phi) is 6.09. The summed E-state index contributed by atoms with van der Waals surface area (Å²) in [5.74, 6) is 1.60. The zero-order valence-electron chi connectivity index (χ0n) is 21.0. The molecule has 1 aromatic carbocycles. The van der Waals surface area contributed by atoms with Crippen LogP contribution in [0.5, 0.6) is 11.8 Å². The van der Waals surface area contributed by atoms with Crippen molar-refractivity contribution in [2.45, 2.75) is 31.5 Å². The van der Waals surface area contributed by atoms with Crippen molar-refractivity contribution in [1.82, 2.24) is 34.5 Å². The molecule has 0 saturated heterocycles. The van der Waals surface area contributed by atoms with E-state index in [1.165, 1.54) is 25.1 Å². The summed E-state index contributed by atoms with van der Waals surface area (Å²) < 4.78 is 52.2. The third kappa shape index (κ3) is 4.85. The molecule has 5 aromatic rings. The number of methoxy groups -OCH3 is 1. The average molecular weight is 534 g/mol. The van der Waals surface area contributed by atoms with Crippen LogP contribution in [0.2, 0.25) is 0 Å². The second-order valence-corrected chi connectivity index (χ2v) is 9.19. The van der Waals surface area contributed by atoms with E-state index < -0.39 is 11.9 Å². The minimum atomic E-state index is -4.51. The number of nitrogens with zero attached hydrogens (tertiary/aromatic N) is 7. The van der Waals surface area contributed by atoms with Crippen molar-refractivity contribution < 1.29 is 22.6 Å². The molecule has 0 N–H and O–H groups in total. The molecule has 6 rings (SSSR count). The minimum absolute atomic E-state index is 0.160. The van der Waals surface area contributed by atoms with E-state index in [4.69, 9.17) is 14.5 Å². The Hall–Kier alpha value is -4.61. The topological polar surface area (TPSA) is 101 Å². The SMILES string of the molecule is COc1ncnc(C2CC2)c1-c1nc(OCc2ccc(-c3nc(C(F)(F)F)cn3C)cc2)c2cccnc2n1. The number of pyridine rings is 1. The summed E-state index contributed by atoms with van der Waals surface area (Å²) in [7, 11) is 3.07. The van der Waals surface area contributed by atoms with Crippen LogP contribution in [0.1, 0.15) is 35.7 Å². The molecule has 0 amide bonds. The van der Waals surface area contributed by atoms with Crippen molar-refractivity contribution in [3.8, 4) is 34.5 Å². The van der Waals surface area contributed by atoms with Crippen LogP contribution >= 0.6 is 0 Å². The highest BCUT2D eigenvalue weighted by Crippen LogP contribution is 2.45. The number of ether oxygens (including phenoxy) is 2. The molecule has 1 fully saturated rings. The smallest absolute Gasteiger partial charge is 0.434 e. The van der Waals surface area contributed by atoms with Crippen molar-refractivity contribution in [3.05, 3.63) is 72.1 Å². The van der Waals surface area contributed by atoms with Gasteiger partial charge in [0.05, 0.1) is 18.2 Å². The van der Waals surface area contributed by atoms with E-state index in [0.717, 1.165) is 30.3 Å². The summed E-state index contributed by atoms with van der Waals surface area (Å²) in [5.41, 5.74) is 2.33. The van der Waals surface area contributed by atoms with E-state index in [0.29, 0.717) is 45.7 Å². The molecule has 0 radical (unpaired) electrons. The second kappa shape index (κ2) is 9.61. The first-order valence-electron chi connectivity index (χ1n) is 12.2. The highest BCUT2D eigenvalue weighted by atomic mass is 19.4. The number of aryl methyl sites for hydroxylation is 1. The minimum Gasteiger partial charge on any atom is -0.480 e. The van der Waals surface area contributed by atoms with Crippen molar-refractivity contribution >= 4 is 11.0 Å². The van der Waals surface area contributed by atoms with Crippen LogP contribution in [0.3, 0.4) is 0 Å². The molecule has 1 aliphatic carbocycles. The van der Waals surface area contributed by atoms with Crippen LogP contribution in [0, 0.1) is 0 Å². The lowest BCUT2D eigenvalue weighted by molar-refractivity contribution is -0.140. The number of rotatable bonds is 7. The van der Waals surface area contributed by atoms with Crippen LogP contribution in [0.25, 0.3) is 33.8 Å². The maximum atomic E-state index is 13.1. The van der Waals surface area contributed by atoms with Crippen molar-refractivity contribution in [1.29, 1.82) is 0 Å². The number of hydrogen-bond donors (Lipinski definition) is 0. The number of halogens is 3. The van der Waals surface area contributed by atoms with E-state index in [-0.39, 0.29) is 12.4 Å². The van der Waals surface area contributed by atoms with E-state index in [2.05, 4.69) is 24.9 Å². The molecule has 4 heterocycles. The summed E-state index contributed by atoms with van der Waals surface area (Å²) >= 11 is 0. The van der Waals surface area contributed by atoms with Crippen LogP contribution in [0.15, 0.2) is 55.1 Å². The number of alkyl halides is 3. The van der Waals surface area contributed by atoms with E-state index in [1.54, 1.807) is 36.5 Å². The molecule has 9 nitrogen and oxygen atoms in total. The summed E-state index contributed by atoms with van der Waals surface area (Å²) in [6, 6.07) is 10.6. The van der Waals surface area contributed by atoms with Gasteiger partial charge in [-0.1, -0.05) is 24.3 Å². The molecular weight excluding hydrogens is 511 g/mol. The molecule has 1 saturated carbocycles.